The standard InChI is InChI=1S/C11H21N3/c1-10-5-8-14(9-10)13(4)7-6-11(2)12-3/h6-7,10H,5,8-9H2,1-4H3/b7-6-,12-11?. The molecule has 0 aromatic rings. The Kier molecular flexibility index (Phi) is 4.14. The van der Waals surface area contributed by atoms with E-state index in [9.17, 15) is 0 Å². The maximum absolute atomic E-state index is 4.09. The van der Waals surface area contributed by atoms with Crippen molar-refractivity contribution < 1.29 is 0 Å². The molecule has 0 N–H and O–H groups in total. The summed E-state index contributed by atoms with van der Waals surface area (Å²) in [5.74, 6) is 0.826. The van der Waals surface area contributed by atoms with Crippen LogP contribution in [-0.4, -0.2) is 42.9 Å². The Hall–Kier alpha value is -0.830. The lowest BCUT2D eigenvalue weighted by atomic mass is 10.2. The number of rotatable bonds is 3. The molecular formula is C11H21N3. The van der Waals surface area contributed by atoms with Crippen molar-refractivity contribution in [1.29, 1.82) is 0 Å². The molecule has 1 aliphatic heterocycles. The SMILES string of the molecule is CN=C(C)/C=C\N(C)N1CCC(C)C1. The summed E-state index contributed by atoms with van der Waals surface area (Å²) in [5, 5.41) is 4.53. The molecule has 0 aromatic carbocycles. The van der Waals surface area contributed by atoms with E-state index in [1.54, 1.807) is 0 Å². The summed E-state index contributed by atoms with van der Waals surface area (Å²) in [6, 6.07) is 0. The lowest BCUT2D eigenvalue weighted by Gasteiger charge is -2.26. The lowest BCUT2D eigenvalue weighted by Crippen LogP contribution is -2.33. The van der Waals surface area contributed by atoms with Gasteiger partial charge in [-0.05, 0) is 25.3 Å². The number of aliphatic imine (C=N–C) groups is 1. The van der Waals surface area contributed by atoms with Gasteiger partial charge in [-0.1, -0.05) is 6.92 Å². The Morgan fingerprint density at radius 1 is 1.57 bits per heavy atom. The van der Waals surface area contributed by atoms with E-state index in [1.807, 2.05) is 20.0 Å². The first kappa shape index (κ1) is 11.2. The van der Waals surface area contributed by atoms with Crippen LogP contribution in [0.1, 0.15) is 20.3 Å². The number of hydrogen-bond acceptors (Lipinski definition) is 3. The van der Waals surface area contributed by atoms with Crippen LogP contribution in [-0.2, 0) is 0 Å². The fraction of sp³-hybridized carbons (Fsp3) is 0.727. The van der Waals surface area contributed by atoms with E-state index in [4.69, 9.17) is 0 Å². The maximum atomic E-state index is 4.09. The molecule has 0 amide bonds. The predicted molar refractivity (Wildman–Crippen MR) is 61.3 cm³/mol. The summed E-state index contributed by atoms with van der Waals surface area (Å²) in [5.41, 5.74) is 1.06. The normalized spacial score (nSPS) is 24.9. The van der Waals surface area contributed by atoms with Gasteiger partial charge in [-0.3, -0.25) is 4.99 Å². The molecule has 0 bridgehead atoms. The number of hydrazine groups is 1. The highest BCUT2D eigenvalue weighted by Gasteiger charge is 2.19. The van der Waals surface area contributed by atoms with Gasteiger partial charge in [-0.25, -0.2) is 5.01 Å². The second-order valence-corrected chi connectivity index (χ2v) is 4.06. The van der Waals surface area contributed by atoms with E-state index in [1.165, 1.54) is 19.5 Å². The first-order valence-corrected chi connectivity index (χ1v) is 5.22. The number of nitrogens with zero attached hydrogens (tertiary/aromatic N) is 3. The largest absolute Gasteiger partial charge is 0.316 e. The minimum Gasteiger partial charge on any atom is -0.316 e. The van der Waals surface area contributed by atoms with Gasteiger partial charge < -0.3 is 5.01 Å². The lowest BCUT2D eigenvalue weighted by molar-refractivity contribution is 0.0738. The second-order valence-electron chi connectivity index (χ2n) is 4.06. The van der Waals surface area contributed by atoms with E-state index < -0.39 is 0 Å². The molecule has 3 nitrogen and oxygen atoms in total. The molecule has 1 aliphatic rings. The van der Waals surface area contributed by atoms with E-state index in [0.717, 1.165) is 11.6 Å². The summed E-state index contributed by atoms with van der Waals surface area (Å²) < 4.78 is 0. The Morgan fingerprint density at radius 3 is 2.79 bits per heavy atom. The van der Waals surface area contributed by atoms with E-state index >= 15 is 0 Å². The van der Waals surface area contributed by atoms with Crippen LogP contribution >= 0.6 is 0 Å². The molecule has 1 rings (SSSR count). The van der Waals surface area contributed by atoms with Crippen LogP contribution in [0.3, 0.4) is 0 Å². The fourth-order valence-corrected chi connectivity index (χ4v) is 1.58. The molecule has 80 valence electrons. The van der Waals surface area contributed by atoms with Gasteiger partial charge in [0.15, 0.2) is 0 Å². The van der Waals surface area contributed by atoms with E-state index in [2.05, 4.69) is 35.2 Å². The molecule has 0 spiro atoms. The molecule has 0 radical (unpaired) electrons. The third kappa shape index (κ3) is 3.14. The highest BCUT2D eigenvalue weighted by Crippen LogP contribution is 2.16. The van der Waals surface area contributed by atoms with Crippen molar-refractivity contribution in [2.45, 2.75) is 20.3 Å². The van der Waals surface area contributed by atoms with Crippen LogP contribution in [0.2, 0.25) is 0 Å². The smallest absolute Gasteiger partial charge is 0.0328 e. The Labute approximate surface area is 87.1 Å². The molecule has 14 heavy (non-hydrogen) atoms. The summed E-state index contributed by atoms with van der Waals surface area (Å²) in [6.07, 6.45) is 5.43. The van der Waals surface area contributed by atoms with Crippen LogP contribution in [0.25, 0.3) is 0 Å². The summed E-state index contributed by atoms with van der Waals surface area (Å²) in [7, 11) is 3.91. The molecule has 0 aromatic heterocycles. The zero-order valence-electron chi connectivity index (χ0n) is 9.70. The molecule has 1 unspecified atom stereocenters. The van der Waals surface area contributed by atoms with Gasteiger partial charge >= 0.3 is 0 Å². The van der Waals surface area contributed by atoms with Crippen molar-refractivity contribution in [3.8, 4) is 0 Å². The first-order valence-electron chi connectivity index (χ1n) is 5.22. The minimum absolute atomic E-state index is 0.826. The average molecular weight is 195 g/mol. The van der Waals surface area contributed by atoms with Crippen molar-refractivity contribution in [3.63, 3.8) is 0 Å². The zero-order chi connectivity index (χ0) is 10.6. The molecule has 1 saturated heterocycles. The second kappa shape index (κ2) is 5.15. The van der Waals surface area contributed by atoms with Crippen LogP contribution < -0.4 is 0 Å². The van der Waals surface area contributed by atoms with Crippen molar-refractivity contribution >= 4 is 5.71 Å². The van der Waals surface area contributed by atoms with Crippen molar-refractivity contribution in [2.75, 3.05) is 27.2 Å². The van der Waals surface area contributed by atoms with Gasteiger partial charge in [0.2, 0.25) is 0 Å². The predicted octanol–water partition coefficient (Wildman–Crippen LogP) is 1.78. The quantitative estimate of drug-likeness (QED) is 0.639. The summed E-state index contributed by atoms with van der Waals surface area (Å²) in [6.45, 7) is 6.65. The fourth-order valence-electron chi connectivity index (χ4n) is 1.58. The van der Waals surface area contributed by atoms with Crippen LogP contribution in [0.5, 0.6) is 0 Å². The Bertz CT molecular complexity index is 233. The first-order chi connectivity index (χ1) is 6.63. The van der Waals surface area contributed by atoms with E-state index in [-0.39, 0.29) is 0 Å². The highest BCUT2D eigenvalue weighted by molar-refractivity contribution is 5.92. The topological polar surface area (TPSA) is 18.8 Å². The highest BCUT2D eigenvalue weighted by atomic mass is 15.6. The van der Waals surface area contributed by atoms with Gasteiger partial charge in [0.25, 0.3) is 0 Å². The average Bonchev–Trinajstić information content (AvgIpc) is 2.60. The van der Waals surface area contributed by atoms with Crippen molar-refractivity contribution in [1.82, 2.24) is 10.0 Å². The maximum Gasteiger partial charge on any atom is 0.0328 e. The van der Waals surface area contributed by atoms with E-state index in [0.29, 0.717) is 0 Å². The molecule has 0 saturated carbocycles. The Balaban J connectivity index is 2.42. The molecule has 1 fully saturated rings. The number of hydrogen-bond donors (Lipinski definition) is 0. The van der Waals surface area contributed by atoms with Crippen LogP contribution in [0, 0.1) is 5.92 Å². The number of allylic oxidation sites excluding steroid dienone is 1. The third-order valence-corrected chi connectivity index (χ3v) is 2.73. The Morgan fingerprint density at radius 2 is 2.29 bits per heavy atom. The molecular weight excluding hydrogens is 174 g/mol. The monoisotopic (exact) mass is 195 g/mol. The minimum atomic E-state index is 0.826. The van der Waals surface area contributed by atoms with Gasteiger partial charge in [0, 0.05) is 39.1 Å². The van der Waals surface area contributed by atoms with Gasteiger partial charge in [0.1, 0.15) is 0 Å². The van der Waals surface area contributed by atoms with Crippen LogP contribution in [0.15, 0.2) is 17.3 Å². The van der Waals surface area contributed by atoms with Crippen molar-refractivity contribution in [2.24, 2.45) is 10.9 Å². The van der Waals surface area contributed by atoms with Crippen LogP contribution in [0.4, 0.5) is 0 Å². The third-order valence-electron chi connectivity index (χ3n) is 2.73. The molecule has 1 atom stereocenters. The van der Waals surface area contributed by atoms with Gasteiger partial charge in [-0.15, -0.1) is 0 Å². The molecule has 1 heterocycles. The van der Waals surface area contributed by atoms with Gasteiger partial charge in [0.05, 0.1) is 0 Å². The summed E-state index contributed by atoms with van der Waals surface area (Å²) in [4.78, 5) is 4.09. The molecule has 3 heteroatoms. The van der Waals surface area contributed by atoms with Gasteiger partial charge in [-0.2, -0.15) is 0 Å². The molecule has 0 aliphatic carbocycles. The summed E-state index contributed by atoms with van der Waals surface area (Å²) >= 11 is 0. The zero-order valence-corrected chi connectivity index (χ0v) is 9.70. The van der Waals surface area contributed by atoms with Crippen molar-refractivity contribution in [3.05, 3.63) is 12.3 Å².